The van der Waals surface area contributed by atoms with Crippen molar-refractivity contribution in [3.05, 3.63) is 18.5 Å². The van der Waals surface area contributed by atoms with Gasteiger partial charge in [0.2, 0.25) is 5.95 Å². The van der Waals surface area contributed by atoms with Crippen molar-refractivity contribution in [3.63, 3.8) is 0 Å². The SMILES string of the molecule is CCNC(=NCCN1CCN(c2ncccn2)CC1)NC(C)COC. The molecule has 1 unspecified atom stereocenters. The van der Waals surface area contributed by atoms with Crippen molar-refractivity contribution in [1.82, 2.24) is 25.5 Å². The second kappa shape index (κ2) is 10.8. The van der Waals surface area contributed by atoms with E-state index in [9.17, 15) is 0 Å². The highest BCUT2D eigenvalue weighted by molar-refractivity contribution is 5.80. The van der Waals surface area contributed by atoms with Crippen LogP contribution in [-0.4, -0.2) is 86.4 Å². The van der Waals surface area contributed by atoms with Crippen LogP contribution >= 0.6 is 0 Å². The van der Waals surface area contributed by atoms with E-state index in [0.717, 1.165) is 57.7 Å². The lowest BCUT2D eigenvalue weighted by Crippen LogP contribution is -2.48. The van der Waals surface area contributed by atoms with Gasteiger partial charge in [-0.15, -0.1) is 0 Å². The number of aliphatic imine (C=N–C) groups is 1. The van der Waals surface area contributed by atoms with Crippen LogP contribution in [0.1, 0.15) is 13.8 Å². The maximum absolute atomic E-state index is 5.16. The van der Waals surface area contributed by atoms with Gasteiger partial charge in [-0.2, -0.15) is 0 Å². The van der Waals surface area contributed by atoms with Crippen LogP contribution in [0.5, 0.6) is 0 Å². The summed E-state index contributed by atoms with van der Waals surface area (Å²) in [4.78, 5) is 18.0. The number of rotatable bonds is 8. The fourth-order valence-electron chi connectivity index (χ4n) is 2.77. The van der Waals surface area contributed by atoms with E-state index < -0.39 is 0 Å². The van der Waals surface area contributed by atoms with Gasteiger partial charge in [0.25, 0.3) is 0 Å². The highest BCUT2D eigenvalue weighted by Gasteiger charge is 2.18. The molecule has 2 heterocycles. The molecule has 0 aliphatic carbocycles. The topological polar surface area (TPSA) is 77.9 Å². The lowest BCUT2D eigenvalue weighted by Gasteiger charge is -2.34. The van der Waals surface area contributed by atoms with Crippen molar-refractivity contribution in [3.8, 4) is 0 Å². The van der Waals surface area contributed by atoms with E-state index in [4.69, 9.17) is 4.74 Å². The zero-order valence-electron chi connectivity index (χ0n) is 15.6. The summed E-state index contributed by atoms with van der Waals surface area (Å²) in [6.45, 7) is 11.3. The van der Waals surface area contributed by atoms with Crippen molar-refractivity contribution < 1.29 is 4.74 Å². The van der Waals surface area contributed by atoms with Crippen LogP contribution in [0.2, 0.25) is 0 Å². The minimum Gasteiger partial charge on any atom is -0.383 e. The zero-order chi connectivity index (χ0) is 17.9. The van der Waals surface area contributed by atoms with Crippen LogP contribution in [-0.2, 0) is 4.74 Å². The molecule has 0 spiro atoms. The van der Waals surface area contributed by atoms with E-state index in [1.54, 1.807) is 19.5 Å². The molecular weight excluding hydrogens is 318 g/mol. The molecule has 140 valence electrons. The summed E-state index contributed by atoms with van der Waals surface area (Å²) in [7, 11) is 1.71. The molecule has 8 nitrogen and oxygen atoms in total. The number of nitrogens with zero attached hydrogens (tertiary/aromatic N) is 5. The fourth-order valence-corrected chi connectivity index (χ4v) is 2.77. The van der Waals surface area contributed by atoms with Crippen molar-refractivity contribution in [2.24, 2.45) is 4.99 Å². The first kappa shape index (κ1) is 19.4. The fraction of sp³-hybridized carbons (Fsp3) is 0.706. The number of hydrogen-bond donors (Lipinski definition) is 2. The van der Waals surface area contributed by atoms with Crippen molar-refractivity contribution in [2.75, 3.05) is 64.4 Å². The summed E-state index contributed by atoms with van der Waals surface area (Å²) >= 11 is 0. The number of ether oxygens (including phenoxy) is 1. The van der Waals surface area contributed by atoms with Crippen LogP contribution in [0.3, 0.4) is 0 Å². The van der Waals surface area contributed by atoms with Gasteiger partial charge in [0, 0.05) is 64.8 Å². The minimum atomic E-state index is 0.234. The van der Waals surface area contributed by atoms with Crippen molar-refractivity contribution in [1.29, 1.82) is 0 Å². The van der Waals surface area contributed by atoms with Crippen LogP contribution < -0.4 is 15.5 Å². The largest absolute Gasteiger partial charge is 0.383 e. The predicted molar refractivity (Wildman–Crippen MR) is 101 cm³/mol. The first-order valence-electron chi connectivity index (χ1n) is 9.01. The second-order valence-corrected chi connectivity index (χ2v) is 6.14. The second-order valence-electron chi connectivity index (χ2n) is 6.14. The summed E-state index contributed by atoms with van der Waals surface area (Å²) in [6, 6.07) is 2.08. The molecule has 0 saturated carbocycles. The van der Waals surface area contributed by atoms with Gasteiger partial charge in [0.1, 0.15) is 0 Å². The minimum absolute atomic E-state index is 0.234. The van der Waals surface area contributed by atoms with E-state index in [-0.39, 0.29) is 6.04 Å². The molecule has 0 amide bonds. The third-order valence-corrected chi connectivity index (χ3v) is 4.04. The van der Waals surface area contributed by atoms with Crippen LogP contribution in [0.4, 0.5) is 5.95 Å². The summed E-state index contributed by atoms with van der Waals surface area (Å²) in [6.07, 6.45) is 3.59. The third-order valence-electron chi connectivity index (χ3n) is 4.04. The van der Waals surface area contributed by atoms with Crippen LogP contribution in [0.25, 0.3) is 0 Å². The molecule has 1 aliphatic heterocycles. The third kappa shape index (κ3) is 6.83. The van der Waals surface area contributed by atoms with Gasteiger partial charge in [-0.05, 0) is 19.9 Å². The van der Waals surface area contributed by atoms with Crippen molar-refractivity contribution in [2.45, 2.75) is 19.9 Å². The number of anilines is 1. The molecular formula is C17H31N7O. The lowest BCUT2D eigenvalue weighted by molar-refractivity contribution is 0.179. The Morgan fingerprint density at radius 2 is 2.00 bits per heavy atom. The average molecular weight is 349 g/mol. The average Bonchev–Trinajstić information content (AvgIpc) is 2.63. The number of methoxy groups -OCH3 is 1. The molecule has 25 heavy (non-hydrogen) atoms. The Bertz CT molecular complexity index is 503. The summed E-state index contributed by atoms with van der Waals surface area (Å²) < 4.78 is 5.16. The van der Waals surface area contributed by atoms with Gasteiger partial charge in [0.05, 0.1) is 13.2 Å². The normalized spacial score (nSPS) is 17.4. The first-order valence-corrected chi connectivity index (χ1v) is 9.01. The molecule has 1 aromatic heterocycles. The molecule has 0 aromatic carbocycles. The quantitative estimate of drug-likeness (QED) is 0.512. The van der Waals surface area contributed by atoms with Gasteiger partial charge in [-0.25, -0.2) is 9.97 Å². The number of piperazine rings is 1. The van der Waals surface area contributed by atoms with E-state index in [1.807, 2.05) is 6.07 Å². The first-order chi connectivity index (χ1) is 12.2. The molecule has 0 bridgehead atoms. The maximum atomic E-state index is 5.16. The van der Waals surface area contributed by atoms with Gasteiger partial charge < -0.3 is 20.3 Å². The summed E-state index contributed by atoms with van der Waals surface area (Å²) in [5.41, 5.74) is 0. The molecule has 8 heteroatoms. The van der Waals surface area contributed by atoms with Crippen LogP contribution in [0, 0.1) is 0 Å². The number of nitrogens with one attached hydrogen (secondary N) is 2. The van der Waals surface area contributed by atoms with Gasteiger partial charge >= 0.3 is 0 Å². The Hall–Kier alpha value is -1.93. The van der Waals surface area contributed by atoms with E-state index in [2.05, 4.69) is 49.2 Å². The van der Waals surface area contributed by atoms with Gasteiger partial charge in [-0.1, -0.05) is 0 Å². The standard InChI is InChI=1S/C17H31N7O/c1-4-18-16(22-15(2)14-25-3)19-8-9-23-10-12-24(13-11-23)17-20-6-5-7-21-17/h5-7,15H,4,8-14H2,1-3H3,(H2,18,19,22). The Balaban J connectivity index is 1.73. The summed E-state index contributed by atoms with van der Waals surface area (Å²) in [5.74, 6) is 1.68. The Kier molecular flexibility index (Phi) is 8.41. The molecule has 1 fully saturated rings. The van der Waals surface area contributed by atoms with Crippen molar-refractivity contribution >= 4 is 11.9 Å². The lowest BCUT2D eigenvalue weighted by atomic mass is 10.3. The molecule has 0 radical (unpaired) electrons. The molecule has 1 saturated heterocycles. The van der Waals surface area contributed by atoms with E-state index in [0.29, 0.717) is 6.61 Å². The van der Waals surface area contributed by atoms with Gasteiger partial charge in [0.15, 0.2) is 5.96 Å². The number of aromatic nitrogens is 2. The predicted octanol–water partition coefficient (Wildman–Crippen LogP) is 0.189. The number of hydrogen-bond acceptors (Lipinski definition) is 6. The maximum Gasteiger partial charge on any atom is 0.225 e. The molecule has 1 atom stereocenters. The molecule has 1 aliphatic rings. The van der Waals surface area contributed by atoms with Crippen LogP contribution in [0.15, 0.2) is 23.5 Å². The zero-order valence-corrected chi connectivity index (χ0v) is 15.6. The molecule has 2 rings (SSSR count). The summed E-state index contributed by atoms with van der Waals surface area (Å²) in [5, 5.41) is 6.63. The highest BCUT2D eigenvalue weighted by Crippen LogP contribution is 2.09. The van der Waals surface area contributed by atoms with E-state index >= 15 is 0 Å². The smallest absolute Gasteiger partial charge is 0.225 e. The highest BCUT2D eigenvalue weighted by atomic mass is 16.5. The Morgan fingerprint density at radius 1 is 1.28 bits per heavy atom. The monoisotopic (exact) mass is 349 g/mol. The Labute approximate surface area is 150 Å². The molecule has 1 aromatic rings. The van der Waals surface area contributed by atoms with E-state index in [1.165, 1.54) is 0 Å². The number of guanidine groups is 1. The Morgan fingerprint density at radius 3 is 2.64 bits per heavy atom. The van der Waals surface area contributed by atoms with Gasteiger partial charge in [-0.3, -0.25) is 9.89 Å². The molecule has 2 N–H and O–H groups in total.